The molecule has 0 aromatic rings. The Morgan fingerprint density at radius 1 is 1.35 bits per heavy atom. The topological polar surface area (TPSA) is 29.3 Å². The molecule has 102 valence electrons. The van der Waals surface area contributed by atoms with E-state index in [1.165, 1.54) is 51.7 Å². The van der Waals surface area contributed by atoms with Crippen LogP contribution in [0, 0.1) is 17.8 Å². The van der Waals surface area contributed by atoms with Gasteiger partial charge in [-0.1, -0.05) is 27.2 Å². The summed E-state index contributed by atoms with van der Waals surface area (Å²) in [7, 11) is 0. The minimum Gasteiger partial charge on any atom is -0.330 e. The van der Waals surface area contributed by atoms with E-state index in [9.17, 15) is 0 Å². The number of hydrogen-bond donors (Lipinski definition) is 1. The summed E-state index contributed by atoms with van der Waals surface area (Å²) >= 11 is 0. The van der Waals surface area contributed by atoms with Crippen molar-refractivity contribution >= 4 is 0 Å². The van der Waals surface area contributed by atoms with Crippen LogP contribution in [0.1, 0.15) is 52.9 Å². The first-order valence-electron chi connectivity index (χ1n) is 7.58. The van der Waals surface area contributed by atoms with Gasteiger partial charge in [-0.25, -0.2) is 0 Å². The van der Waals surface area contributed by atoms with Crippen molar-refractivity contribution in [3.05, 3.63) is 0 Å². The summed E-state index contributed by atoms with van der Waals surface area (Å²) in [4.78, 5) is 2.66. The van der Waals surface area contributed by atoms with Crippen molar-refractivity contribution < 1.29 is 0 Å². The van der Waals surface area contributed by atoms with Crippen LogP contribution < -0.4 is 5.73 Å². The van der Waals surface area contributed by atoms with Crippen molar-refractivity contribution in [2.45, 2.75) is 52.9 Å². The van der Waals surface area contributed by atoms with Gasteiger partial charge in [0.1, 0.15) is 0 Å². The van der Waals surface area contributed by atoms with Gasteiger partial charge in [0, 0.05) is 6.54 Å². The molecule has 1 aliphatic rings. The number of rotatable bonds is 8. The molecule has 2 heteroatoms. The number of nitrogens with two attached hydrogens (primary N) is 1. The molecule has 17 heavy (non-hydrogen) atoms. The van der Waals surface area contributed by atoms with E-state index in [-0.39, 0.29) is 0 Å². The van der Waals surface area contributed by atoms with Gasteiger partial charge in [-0.05, 0) is 63.1 Å². The van der Waals surface area contributed by atoms with Gasteiger partial charge in [0.25, 0.3) is 0 Å². The maximum Gasteiger partial charge on any atom is 0.00101 e. The van der Waals surface area contributed by atoms with Gasteiger partial charge in [0.15, 0.2) is 0 Å². The van der Waals surface area contributed by atoms with Crippen LogP contribution in [0.5, 0.6) is 0 Å². The third kappa shape index (κ3) is 5.87. The number of hydrogen-bond acceptors (Lipinski definition) is 2. The molecule has 2 N–H and O–H groups in total. The predicted molar refractivity (Wildman–Crippen MR) is 76.1 cm³/mol. The zero-order chi connectivity index (χ0) is 12.7. The molecule has 1 fully saturated rings. The molecule has 2 unspecified atom stereocenters. The molecule has 1 rings (SSSR count). The van der Waals surface area contributed by atoms with Gasteiger partial charge >= 0.3 is 0 Å². The molecular formula is C15H32N2. The second-order valence-electron chi connectivity index (χ2n) is 6.26. The van der Waals surface area contributed by atoms with Crippen LogP contribution in [0.3, 0.4) is 0 Å². The molecule has 2 atom stereocenters. The normalized spacial score (nSPS) is 23.5. The summed E-state index contributed by atoms with van der Waals surface area (Å²) in [6, 6.07) is 0. The van der Waals surface area contributed by atoms with Gasteiger partial charge < -0.3 is 10.6 Å². The second-order valence-corrected chi connectivity index (χ2v) is 6.26. The third-order valence-electron chi connectivity index (χ3n) is 4.06. The molecule has 0 bridgehead atoms. The summed E-state index contributed by atoms with van der Waals surface area (Å²) in [5.74, 6) is 2.50. The molecule has 0 aliphatic carbocycles. The Bertz CT molecular complexity index is 191. The van der Waals surface area contributed by atoms with E-state index in [0.29, 0.717) is 0 Å². The van der Waals surface area contributed by atoms with Gasteiger partial charge in [-0.2, -0.15) is 0 Å². The maximum atomic E-state index is 5.86. The van der Waals surface area contributed by atoms with Crippen LogP contribution in [0.15, 0.2) is 0 Å². The highest BCUT2D eigenvalue weighted by Crippen LogP contribution is 2.22. The van der Waals surface area contributed by atoms with Crippen LogP contribution >= 0.6 is 0 Å². The molecule has 2 nitrogen and oxygen atoms in total. The Morgan fingerprint density at radius 3 is 2.71 bits per heavy atom. The fourth-order valence-electron chi connectivity index (χ4n) is 3.12. The maximum absolute atomic E-state index is 5.86. The van der Waals surface area contributed by atoms with Crippen molar-refractivity contribution in [2.24, 2.45) is 23.5 Å². The summed E-state index contributed by atoms with van der Waals surface area (Å²) in [5, 5.41) is 0. The molecule has 0 spiro atoms. The average molecular weight is 240 g/mol. The largest absolute Gasteiger partial charge is 0.330 e. The Labute approximate surface area is 108 Å². The summed E-state index contributed by atoms with van der Waals surface area (Å²) < 4.78 is 0. The van der Waals surface area contributed by atoms with Crippen LogP contribution in [0.25, 0.3) is 0 Å². The molecule has 0 radical (unpaired) electrons. The lowest BCUT2D eigenvalue weighted by molar-refractivity contribution is 0.276. The zero-order valence-corrected chi connectivity index (χ0v) is 12.1. The van der Waals surface area contributed by atoms with Gasteiger partial charge in [-0.15, -0.1) is 0 Å². The molecule has 1 heterocycles. The van der Waals surface area contributed by atoms with E-state index in [4.69, 9.17) is 5.73 Å². The Balaban J connectivity index is 2.17. The first-order chi connectivity index (χ1) is 8.15. The fourth-order valence-corrected chi connectivity index (χ4v) is 3.12. The Morgan fingerprint density at radius 2 is 2.12 bits per heavy atom. The standard InChI is InChI=1S/C15H32N2/c1-4-5-14-6-8-17(12-14)9-7-15(11-16)10-13(2)3/h13-15H,4-12,16H2,1-3H3. The highest BCUT2D eigenvalue weighted by molar-refractivity contribution is 4.76. The smallest absolute Gasteiger partial charge is 0.00101 e. The zero-order valence-electron chi connectivity index (χ0n) is 12.1. The van der Waals surface area contributed by atoms with E-state index in [0.717, 1.165) is 24.3 Å². The van der Waals surface area contributed by atoms with Crippen molar-refractivity contribution in [1.82, 2.24) is 4.90 Å². The van der Waals surface area contributed by atoms with Crippen LogP contribution in [0.4, 0.5) is 0 Å². The Hall–Kier alpha value is -0.0800. The first-order valence-corrected chi connectivity index (χ1v) is 7.58. The lowest BCUT2D eigenvalue weighted by Gasteiger charge is -2.21. The summed E-state index contributed by atoms with van der Waals surface area (Å²) in [6.07, 6.45) is 6.78. The molecule has 0 saturated carbocycles. The monoisotopic (exact) mass is 240 g/mol. The van der Waals surface area contributed by atoms with E-state index in [1.54, 1.807) is 0 Å². The van der Waals surface area contributed by atoms with E-state index in [2.05, 4.69) is 25.7 Å². The fraction of sp³-hybridized carbons (Fsp3) is 1.00. The SMILES string of the molecule is CCCC1CCN(CCC(CN)CC(C)C)C1. The van der Waals surface area contributed by atoms with Crippen LogP contribution in [-0.2, 0) is 0 Å². The minimum atomic E-state index is 0.736. The second kappa shape index (κ2) is 8.10. The average Bonchev–Trinajstić information content (AvgIpc) is 2.72. The quantitative estimate of drug-likeness (QED) is 0.706. The molecule has 1 saturated heterocycles. The van der Waals surface area contributed by atoms with E-state index in [1.807, 2.05) is 0 Å². The molecule has 1 aliphatic heterocycles. The van der Waals surface area contributed by atoms with Crippen molar-refractivity contribution in [3.8, 4) is 0 Å². The van der Waals surface area contributed by atoms with Crippen molar-refractivity contribution in [2.75, 3.05) is 26.2 Å². The van der Waals surface area contributed by atoms with Crippen molar-refractivity contribution in [3.63, 3.8) is 0 Å². The minimum absolute atomic E-state index is 0.736. The molecule has 0 aromatic carbocycles. The van der Waals surface area contributed by atoms with E-state index < -0.39 is 0 Å². The lowest BCUT2D eigenvalue weighted by atomic mass is 9.94. The Kier molecular flexibility index (Phi) is 7.14. The van der Waals surface area contributed by atoms with Crippen LogP contribution in [0.2, 0.25) is 0 Å². The van der Waals surface area contributed by atoms with Gasteiger partial charge in [0.05, 0.1) is 0 Å². The highest BCUT2D eigenvalue weighted by Gasteiger charge is 2.22. The molecule has 0 aromatic heterocycles. The summed E-state index contributed by atoms with van der Waals surface area (Å²) in [6.45, 7) is 11.7. The van der Waals surface area contributed by atoms with Crippen LogP contribution in [-0.4, -0.2) is 31.1 Å². The van der Waals surface area contributed by atoms with Gasteiger partial charge in [0.2, 0.25) is 0 Å². The van der Waals surface area contributed by atoms with Gasteiger partial charge in [-0.3, -0.25) is 0 Å². The number of likely N-dealkylation sites (tertiary alicyclic amines) is 1. The van der Waals surface area contributed by atoms with Crippen molar-refractivity contribution in [1.29, 1.82) is 0 Å². The first kappa shape index (κ1) is 15.0. The molecule has 0 amide bonds. The summed E-state index contributed by atoms with van der Waals surface area (Å²) in [5.41, 5.74) is 5.86. The number of nitrogens with zero attached hydrogens (tertiary/aromatic N) is 1. The highest BCUT2D eigenvalue weighted by atomic mass is 15.1. The third-order valence-corrected chi connectivity index (χ3v) is 4.06. The molecular weight excluding hydrogens is 208 g/mol. The van der Waals surface area contributed by atoms with E-state index >= 15 is 0 Å². The lowest BCUT2D eigenvalue weighted by Crippen LogP contribution is -2.26. The predicted octanol–water partition coefficient (Wildman–Crippen LogP) is 3.12.